The molecule has 1 unspecified atom stereocenters. The number of halogens is 2. The fourth-order valence-corrected chi connectivity index (χ4v) is 2.21. The van der Waals surface area contributed by atoms with Crippen LogP contribution in [-0.2, 0) is 6.42 Å². The average molecular weight is 310 g/mol. The molecule has 1 aromatic heterocycles. The lowest BCUT2D eigenvalue weighted by Gasteiger charge is -2.08. The Labute approximate surface area is 93.6 Å². The summed E-state index contributed by atoms with van der Waals surface area (Å²) in [6.45, 7) is -0.00242. The second-order valence-corrected chi connectivity index (χ2v) is 4.39. The summed E-state index contributed by atoms with van der Waals surface area (Å²) in [7, 11) is 0. The van der Waals surface area contributed by atoms with Gasteiger partial charge in [-0.2, -0.15) is 0 Å². The Morgan fingerprint density at radius 3 is 2.38 bits per heavy atom. The van der Waals surface area contributed by atoms with Crippen molar-refractivity contribution in [1.82, 2.24) is 4.98 Å². The predicted molar refractivity (Wildman–Crippen MR) is 58.4 cm³/mol. The summed E-state index contributed by atoms with van der Waals surface area (Å²) in [6.07, 6.45) is 0.649. The van der Waals surface area contributed by atoms with Crippen molar-refractivity contribution in [2.24, 2.45) is 5.73 Å². The molecule has 3 nitrogen and oxygen atoms in total. The van der Waals surface area contributed by atoms with E-state index in [1.54, 1.807) is 0 Å². The summed E-state index contributed by atoms with van der Waals surface area (Å²) in [5.74, 6) is 0. The number of aromatic nitrogens is 1. The summed E-state index contributed by atoms with van der Waals surface area (Å²) in [5.41, 5.74) is 6.66. The maximum Gasteiger partial charge on any atom is 0.107 e. The quantitative estimate of drug-likeness (QED) is 0.831. The van der Waals surface area contributed by atoms with Gasteiger partial charge in [-0.15, -0.1) is 0 Å². The molecule has 0 saturated carbocycles. The van der Waals surface area contributed by atoms with Crippen LogP contribution < -0.4 is 5.73 Å². The number of aliphatic hydroxyl groups is 1. The van der Waals surface area contributed by atoms with Crippen molar-refractivity contribution in [3.05, 3.63) is 26.9 Å². The van der Waals surface area contributed by atoms with Gasteiger partial charge in [0.25, 0.3) is 0 Å². The lowest BCUT2D eigenvalue weighted by atomic mass is 10.1. The first kappa shape index (κ1) is 11.1. The zero-order valence-electron chi connectivity index (χ0n) is 6.87. The van der Waals surface area contributed by atoms with Gasteiger partial charge in [0.1, 0.15) is 9.21 Å². The second kappa shape index (κ2) is 5.05. The third-order valence-electron chi connectivity index (χ3n) is 1.56. The molecular formula is C8H10Br2N2O. The molecule has 0 amide bonds. The van der Waals surface area contributed by atoms with Gasteiger partial charge in [0.15, 0.2) is 0 Å². The van der Waals surface area contributed by atoms with Crippen molar-refractivity contribution in [2.45, 2.75) is 12.5 Å². The molecule has 3 N–H and O–H groups in total. The number of hydrogen-bond acceptors (Lipinski definition) is 3. The van der Waals surface area contributed by atoms with Gasteiger partial charge in [-0.25, -0.2) is 4.98 Å². The molecule has 0 aliphatic carbocycles. The van der Waals surface area contributed by atoms with Crippen molar-refractivity contribution in [3.8, 4) is 0 Å². The molecule has 0 aliphatic rings. The maximum atomic E-state index is 8.77. The van der Waals surface area contributed by atoms with Gasteiger partial charge < -0.3 is 10.8 Å². The minimum Gasteiger partial charge on any atom is -0.395 e. The van der Waals surface area contributed by atoms with Crippen LogP contribution in [-0.4, -0.2) is 22.7 Å². The van der Waals surface area contributed by atoms with Crippen molar-refractivity contribution >= 4 is 31.9 Å². The summed E-state index contributed by atoms with van der Waals surface area (Å²) < 4.78 is 1.53. The van der Waals surface area contributed by atoms with E-state index in [9.17, 15) is 0 Å². The Morgan fingerprint density at radius 1 is 1.38 bits per heavy atom. The number of nitrogens with zero attached hydrogens (tertiary/aromatic N) is 1. The molecule has 1 aromatic rings. The van der Waals surface area contributed by atoms with Crippen LogP contribution in [0.3, 0.4) is 0 Å². The minimum absolute atomic E-state index is 0.00242. The first-order valence-electron chi connectivity index (χ1n) is 3.80. The highest BCUT2D eigenvalue weighted by Gasteiger charge is 2.04. The molecule has 13 heavy (non-hydrogen) atoms. The molecule has 72 valence electrons. The highest BCUT2D eigenvalue weighted by molar-refractivity contribution is 9.11. The van der Waals surface area contributed by atoms with Gasteiger partial charge in [0, 0.05) is 6.04 Å². The molecule has 5 heteroatoms. The summed E-state index contributed by atoms with van der Waals surface area (Å²) in [6, 6.07) is 3.57. The van der Waals surface area contributed by atoms with E-state index < -0.39 is 0 Å². The molecule has 0 bridgehead atoms. The standard InChI is InChI=1S/C8H10Br2N2O/c9-7-2-5(1-6(11)4-13)3-8(10)12-7/h2-3,6,13H,1,4,11H2. The molecule has 1 atom stereocenters. The van der Waals surface area contributed by atoms with Crippen LogP contribution in [0, 0.1) is 0 Å². The topological polar surface area (TPSA) is 59.1 Å². The first-order chi connectivity index (χ1) is 6.11. The van der Waals surface area contributed by atoms with Crippen LogP contribution in [0.1, 0.15) is 5.56 Å². The molecule has 0 aromatic carbocycles. The van der Waals surface area contributed by atoms with E-state index in [0.717, 1.165) is 14.8 Å². The molecule has 0 spiro atoms. The molecule has 0 saturated heterocycles. The van der Waals surface area contributed by atoms with E-state index in [1.807, 2.05) is 12.1 Å². The third kappa shape index (κ3) is 3.72. The molecule has 0 radical (unpaired) electrons. The highest BCUT2D eigenvalue weighted by atomic mass is 79.9. The van der Waals surface area contributed by atoms with E-state index in [4.69, 9.17) is 10.8 Å². The number of hydrogen-bond donors (Lipinski definition) is 2. The molecule has 1 heterocycles. The van der Waals surface area contributed by atoms with Crippen molar-refractivity contribution in [1.29, 1.82) is 0 Å². The molecule has 0 aliphatic heterocycles. The van der Waals surface area contributed by atoms with Crippen LogP contribution in [0.5, 0.6) is 0 Å². The van der Waals surface area contributed by atoms with Gasteiger partial charge >= 0.3 is 0 Å². The number of rotatable bonds is 3. The van der Waals surface area contributed by atoms with E-state index in [-0.39, 0.29) is 12.6 Å². The molecular weight excluding hydrogens is 300 g/mol. The van der Waals surface area contributed by atoms with Gasteiger partial charge in [0.05, 0.1) is 6.61 Å². The molecule has 0 fully saturated rings. The number of nitrogens with two attached hydrogens (primary N) is 1. The van der Waals surface area contributed by atoms with Crippen molar-refractivity contribution in [3.63, 3.8) is 0 Å². The summed E-state index contributed by atoms with van der Waals surface area (Å²) >= 11 is 6.56. The Hall–Kier alpha value is 0.0300. The van der Waals surface area contributed by atoms with Crippen LogP contribution in [0.15, 0.2) is 21.3 Å². The Balaban J connectivity index is 2.77. The maximum absolute atomic E-state index is 8.77. The highest BCUT2D eigenvalue weighted by Crippen LogP contribution is 2.16. The lowest BCUT2D eigenvalue weighted by molar-refractivity contribution is 0.265. The summed E-state index contributed by atoms with van der Waals surface area (Å²) in [5, 5.41) is 8.77. The monoisotopic (exact) mass is 308 g/mol. The Morgan fingerprint density at radius 2 is 1.92 bits per heavy atom. The fourth-order valence-electron chi connectivity index (χ4n) is 0.999. The van der Waals surface area contributed by atoms with E-state index in [1.165, 1.54) is 0 Å². The first-order valence-corrected chi connectivity index (χ1v) is 5.39. The third-order valence-corrected chi connectivity index (χ3v) is 2.37. The van der Waals surface area contributed by atoms with Crippen LogP contribution in [0.4, 0.5) is 0 Å². The van der Waals surface area contributed by atoms with Crippen LogP contribution >= 0.6 is 31.9 Å². The van der Waals surface area contributed by atoms with E-state index in [0.29, 0.717) is 6.42 Å². The van der Waals surface area contributed by atoms with Crippen LogP contribution in [0.25, 0.3) is 0 Å². The van der Waals surface area contributed by atoms with Crippen molar-refractivity contribution < 1.29 is 5.11 Å². The molecule has 1 rings (SSSR count). The smallest absolute Gasteiger partial charge is 0.107 e. The fraction of sp³-hybridized carbons (Fsp3) is 0.375. The average Bonchev–Trinajstić information content (AvgIpc) is 2.02. The van der Waals surface area contributed by atoms with Crippen LogP contribution in [0.2, 0.25) is 0 Å². The zero-order chi connectivity index (χ0) is 9.84. The number of aliphatic hydroxyl groups excluding tert-OH is 1. The SMILES string of the molecule is NC(CO)Cc1cc(Br)nc(Br)c1. The van der Waals surface area contributed by atoms with Gasteiger partial charge in [-0.05, 0) is 56.0 Å². The Kier molecular flexibility index (Phi) is 4.31. The van der Waals surface area contributed by atoms with Gasteiger partial charge in [-0.3, -0.25) is 0 Å². The largest absolute Gasteiger partial charge is 0.395 e. The predicted octanol–water partition coefficient (Wildman–Crippen LogP) is 1.47. The lowest BCUT2D eigenvalue weighted by Crippen LogP contribution is -2.26. The van der Waals surface area contributed by atoms with E-state index >= 15 is 0 Å². The number of pyridine rings is 1. The summed E-state index contributed by atoms with van der Waals surface area (Å²) in [4.78, 5) is 4.10. The van der Waals surface area contributed by atoms with E-state index in [2.05, 4.69) is 36.8 Å². The normalized spacial score (nSPS) is 12.9. The second-order valence-electron chi connectivity index (χ2n) is 2.77. The minimum atomic E-state index is -0.207. The van der Waals surface area contributed by atoms with Crippen molar-refractivity contribution in [2.75, 3.05) is 6.61 Å². The Bertz CT molecular complexity index is 273. The zero-order valence-corrected chi connectivity index (χ0v) is 10.0. The van der Waals surface area contributed by atoms with Gasteiger partial charge in [0.2, 0.25) is 0 Å². The van der Waals surface area contributed by atoms with Gasteiger partial charge in [-0.1, -0.05) is 0 Å².